The molecule has 3 rings (SSSR count). The van der Waals surface area contributed by atoms with Crippen molar-refractivity contribution in [2.75, 3.05) is 19.8 Å². The van der Waals surface area contributed by atoms with Crippen LogP contribution in [0.25, 0.3) is 6.08 Å². The lowest BCUT2D eigenvalue weighted by molar-refractivity contribution is -0.113. The van der Waals surface area contributed by atoms with Gasteiger partial charge in [-0.15, -0.1) is 0 Å². The second kappa shape index (κ2) is 12.1. The van der Waals surface area contributed by atoms with Crippen molar-refractivity contribution in [3.05, 3.63) is 59.0 Å². The summed E-state index contributed by atoms with van der Waals surface area (Å²) in [6.07, 6.45) is 6.50. The lowest BCUT2D eigenvalue weighted by Crippen LogP contribution is -2.09. The SMILES string of the molecule is CCCCCCOc1ccc(OCCOc2ccccc2/C=C2/SC(N)=NC2=O)cc1. The maximum absolute atomic E-state index is 11.8. The van der Waals surface area contributed by atoms with Crippen molar-refractivity contribution in [3.63, 3.8) is 0 Å². The molecular formula is C24H28N2O4S. The fourth-order valence-electron chi connectivity index (χ4n) is 2.96. The summed E-state index contributed by atoms with van der Waals surface area (Å²) in [5, 5.41) is 0.260. The normalized spacial score (nSPS) is 14.5. The Morgan fingerprint density at radius 2 is 1.58 bits per heavy atom. The van der Waals surface area contributed by atoms with E-state index in [-0.39, 0.29) is 11.1 Å². The molecule has 1 aliphatic rings. The number of hydrogen-bond acceptors (Lipinski definition) is 6. The van der Waals surface area contributed by atoms with Gasteiger partial charge in [-0.05, 0) is 54.6 Å². The third-order valence-corrected chi connectivity index (χ3v) is 5.36. The summed E-state index contributed by atoms with van der Waals surface area (Å²) in [7, 11) is 0. The molecule has 0 saturated heterocycles. The van der Waals surface area contributed by atoms with Crippen LogP contribution in [0.3, 0.4) is 0 Å². The van der Waals surface area contributed by atoms with E-state index in [9.17, 15) is 4.79 Å². The van der Waals surface area contributed by atoms with Crippen LogP contribution in [0.4, 0.5) is 0 Å². The quantitative estimate of drug-likeness (QED) is 0.368. The monoisotopic (exact) mass is 440 g/mol. The molecule has 1 aliphatic heterocycles. The Balaban J connectivity index is 1.43. The van der Waals surface area contributed by atoms with Crippen LogP contribution in [0.5, 0.6) is 17.2 Å². The molecule has 7 heteroatoms. The number of para-hydroxylation sites is 1. The first-order chi connectivity index (χ1) is 15.2. The molecule has 0 spiro atoms. The molecule has 0 unspecified atom stereocenters. The molecule has 2 N–H and O–H groups in total. The van der Waals surface area contributed by atoms with Gasteiger partial charge in [-0.2, -0.15) is 4.99 Å². The van der Waals surface area contributed by atoms with E-state index in [1.54, 1.807) is 6.08 Å². The number of amides is 1. The second-order valence-corrected chi connectivity index (χ2v) is 8.04. The van der Waals surface area contributed by atoms with Gasteiger partial charge in [0.05, 0.1) is 11.5 Å². The Bertz CT molecular complexity index is 925. The van der Waals surface area contributed by atoms with Gasteiger partial charge in [-0.25, -0.2) is 0 Å². The topological polar surface area (TPSA) is 83.1 Å². The van der Waals surface area contributed by atoms with Crippen molar-refractivity contribution in [2.24, 2.45) is 10.7 Å². The average molecular weight is 441 g/mol. The maximum atomic E-state index is 11.8. The maximum Gasteiger partial charge on any atom is 0.286 e. The Labute approximate surface area is 187 Å². The molecular weight excluding hydrogens is 412 g/mol. The average Bonchev–Trinajstić information content (AvgIpc) is 3.09. The molecule has 2 aromatic carbocycles. The summed E-state index contributed by atoms with van der Waals surface area (Å²) in [5.74, 6) is 1.96. The number of nitrogens with two attached hydrogens (primary N) is 1. The van der Waals surface area contributed by atoms with E-state index in [1.807, 2.05) is 48.5 Å². The zero-order valence-electron chi connectivity index (χ0n) is 17.7. The highest BCUT2D eigenvalue weighted by Crippen LogP contribution is 2.29. The third-order valence-electron chi connectivity index (χ3n) is 4.54. The zero-order valence-corrected chi connectivity index (χ0v) is 18.5. The van der Waals surface area contributed by atoms with Gasteiger partial charge in [-0.1, -0.05) is 44.4 Å². The summed E-state index contributed by atoms with van der Waals surface area (Å²) < 4.78 is 17.4. The Morgan fingerprint density at radius 1 is 0.903 bits per heavy atom. The Morgan fingerprint density at radius 3 is 2.26 bits per heavy atom. The summed E-state index contributed by atoms with van der Waals surface area (Å²) in [5.41, 5.74) is 6.40. The molecule has 164 valence electrons. The second-order valence-electron chi connectivity index (χ2n) is 6.98. The number of hydrogen-bond donors (Lipinski definition) is 1. The van der Waals surface area contributed by atoms with Gasteiger partial charge in [-0.3, -0.25) is 4.79 Å². The summed E-state index contributed by atoms with van der Waals surface area (Å²) in [6, 6.07) is 15.1. The number of ether oxygens (including phenoxy) is 3. The number of amidine groups is 1. The van der Waals surface area contributed by atoms with Gasteiger partial charge in [0.25, 0.3) is 5.91 Å². The van der Waals surface area contributed by atoms with Crippen LogP contribution in [0.2, 0.25) is 0 Å². The number of nitrogens with zero attached hydrogens (tertiary/aromatic N) is 1. The number of benzene rings is 2. The van der Waals surface area contributed by atoms with Gasteiger partial charge in [0, 0.05) is 5.56 Å². The highest BCUT2D eigenvalue weighted by atomic mass is 32.2. The van der Waals surface area contributed by atoms with Crippen molar-refractivity contribution >= 4 is 28.9 Å². The number of aliphatic imine (C=N–C) groups is 1. The molecule has 0 aromatic heterocycles. The van der Waals surface area contributed by atoms with E-state index in [1.165, 1.54) is 19.3 Å². The highest BCUT2D eigenvalue weighted by Gasteiger charge is 2.20. The van der Waals surface area contributed by atoms with Gasteiger partial charge >= 0.3 is 0 Å². The van der Waals surface area contributed by atoms with Gasteiger partial charge in [0.15, 0.2) is 5.17 Å². The van der Waals surface area contributed by atoms with E-state index in [0.29, 0.717) is 23.9 Å². The number of carbonyl (C=O) groups excluding carboxylic acids is 1. The van der Waals surface area contributed by atoms with E-state index < -0.39 is 0 Å². The van der Waals surface area contributed by atoms with Crippen molar-refractivity contribution in [1.29, 1.82) is 0 Å². The van der Waals surface area contributed by atoms with Crippen LogP contribution in [0.1, 0.15) is 38.2 Å². The molecule has 2 aromatic rings. The van der Waals surface area contributed by atoms with Gasteiger partial charge < -0.3 is 19.9 Å². The fourth-order valence-corrected chi connectivity index (χ4v) is 3.63. The molecule has 0 aliphatic carbocycles. The van der Waals surface area contributed by atoms with Crippen LogP contribution in [-0.2, 0) is 4.79 Å². The standard InChI is InChI=1S/C24H28N2O4S/c1-2-3-4-7-14-28-19-10-12-20(13-11-19)29-15-16-30-21-9-6-5-8-18(21)17-22-23(27)26-24(25)31-22/h5-6,8-13,17H,2-4,7,14-16H2,1H3,(H2,25,26,27)/b22-17+. The van der Waals surface area contributed by atoms with Crippen LogP contribution in [-0.4, -0.2) is 30.9 Å². The minimum absolute atomic E-state index is 0.260. The largest absolute Gasteiger partial charge is 0.494 e. The van der Waals surface area contributed by atoms with E-state index in [2.05, 4.69) is 11.9 Å². The molecule has 1 heterocycles. The molecule has 0 fully saturated rings. The third kappa shape index (κ3) is 7.36. The van der Waals surface area contributed by atoms with Crippen molar-refractivity contribution in [2.45, 2.75) is 32.6 Å². The minimum atomic E-state index is -0.325. The number of thioether (sulfide) groups is 1. The van der Waals surface area contributed by atoms with Gasteiger partial charge in [0.1, 0.15) is 30.5 Å². The van der Waals surface area contributed by atoms with Crippen molar-refractivity contribution in [1.82, 2.24) is 0 Å². The summed E-state index contributed by atoms with van der Waals surface area (Å²) in [4.78, 5) is 16.0. The summed E-state index contributed by atoms with van der Waals surface area (Å²) >= 11 is 1.16. The number of rotatable bonds is 12. The molecule has 0 radical (unpaired) electrons. The Kier molecular flexibility index (Phi) is 8.84. The molecule has 0 atom stereocenters. The molecule has 0 saturated carbocycles. The van der Waals surface area contributed by atoms with Crippen LogP contribution >= 0.6 is 11.8 Å². The zero-order chi connectivity index (χ0) is 21.9. The smallest absolute Gasteiger partial charge is 0.286 e. The first-order valence-electron chi connectivity index (χ1n) is 10.5. The van der Waals surface area contributed by atoms with Crippen LogP contribution < -0.4 is 19.9 Å². The van der Waals surface area contributed by atoms with Gasteiger partial charge in [0.2, 0.25) is 0 Å². The molecule has 31 heavy (non-hydrogen) atoms. The first kappa shape index (κ1) is 22.7. The fraction of sp³-hybridized carbons (Fsp3) is 0.333. The summed E-state index contributed by atoms with van der Waals surface area (Å²) in [6.45, 7) is 3.71. The van der Waals surface area contributed by atoms with E-state index in [0.717, 1.165) is 41.9 Å². The Hall–Kier alpha value is -2.93. The highest BCUT2D eigenvalue weighted by molar-refractivity contribution is 8.18. The molecule has 6 nitrogen and oxygen atoms in total. The lowest BCUT2D eigenvalue weighted by atomic mass is 10.2. The van der Waals surface area contributed by atoms with Crippen molar-refractivity contribution in [3.8, 4) is 17.2 Å². The predicted molar refractivity (Wildman–Crippen MR) is 126 cm³/mol. The number of unbranched alkanes of at least 4 members (excludes halogenated alkanes) is 3. The van der Waals surface area contributed by atoms with Crippen LogP contribution in [0, 0.1) is 0 Å². The predicted octanol–water partition coefficient (Wildman–Crippen LogP) is 5.03. The number of carbonyl (C=O) groups is 1. The van der Waals surface area contributed by atoms with Crippen LogP contribution in [0.15, 0.2) is 58.4 Å². The first-order valence-corrected chi connectivity index (χ1v) is 11.3. The molecule has 1 amide bonds. The minimum Gasteiger partial charge on any atom is -0.494 e. The lowest BCUT2D eigenvalue weighted by Gasteiger charge is -2.11. The van der Waals surface area contributed by atoms with E-state index in [4.69, 9.17) is 19.9 Å². The molecule has 0 bridgehead atoms. The van der Waals surface area contributed by atoms with E-state index >= 15 is 0 Å². The van der Waals surface area contributed by atoms with Crippen molar-refractivity contribution < 1.29 is 19.0 Å².